The van der Waals surface area contributed by atoms with Crippen LogP contribution in [0.4, 0.5) is 4.39 Å². The molecule has 0 aliphatic heterocycles. The van der Waals surface area contributed by atoms with E-state index in [0.29, 0.717) is 6.61 Å². The molecule has 1 unspecified atom stereocenters. The minimum Gasteiger partial charge on any atom is -0.493 e. The van der Waals surface area contributed by atoms with Gasteiger partial charge >= 0.3 is 0 Å². The molecule has 1 atom stereocenters. The van der Waals surface area contributed by atoms with E-state index in [1.165, 1.54) is 12.1 Å². The van der Waals surface area contributed by atoms with Crippen LogP contribution in [0.2, 0.25) is 0 Å². The molecule has 0 saturated heterocycles. The molecule has 0 aliphatic rings. The molecule has 0 amide bonds. The summed E-state index contributed by atoms with van der Waals surface area (Å²) in [4.78, 5) is 0. The number of halogens is 1. The molecular formula is C16H26FNO2. The monoisotopic (exact) mass is 283 g/mol. The summed E-state index contributed by atoms with van der Waals surface area (Å²) in [6.45, 7) is 7.49. The highest BCUT2D eigenvalue weighted by Crippen LogP contribution is 2.20. The second kappa shape index (κ2) is 8.22. The van der Waals surface area contributed by atoms with Gasteiger partial charge in [-0.2, -0.15) is 0 Å². The SMILES string of the molecule is CCNC(CC)(CO)CCCOc1ccc(F)cc1C. The Morgan fingerprint density at radius 2 is 2.10 bits per heavy atom. The summed E-state index contributed by atoms with van der Waals surface area (Å²) in [7, 11) is 0. The molecule has 1 aromatic rings. The van der Waals surface area contributed by atoms with E-state index in [2.05, 4.69) is 12.2 Å². The van der Waals surface area contributed by atoms with Crippen LogP contribution >= 0.6 is 0 Å². The standard InChI is InChI=1S/C16H26FNO2/c1-4-16(12-19,18-5-2)9-6-10-20-15-8-7-14(17)11-13(15)3/h7-8,11,18-19H,4-6,9-10,12H2,1-3H3. The normalized spacial score (nSPS) is 14.1. The van der Waals surface area contributed by atoms with Crippen LogP contribution in [0.5, 0.6) is 5.75 Å². The van der Waals surface area contributed by atoms with Gasteiger partial charge in [0.1, 0.15) is 11.6 Å². The summed E-state index contributed by atoms with van der Waals surface area (Å²) < 4.78 is 18.7. The van der Waals surface area contributed by atoms with E-state index in [1.54, 1.807) is 6.07 Å². The quantitative estimate of drug-likeness (QED) is 0.684. The van der Waals surface area contributed by atoms with Gasteiger partial charge in [-0.05, 0) is 56.5 Å². The van der Waals surface area contributed by atoms with Crippen molar-refractivity contribution in [2.45, 2.75) is 45.6 Å². The number of aliphatic hydroxyl groups is 1. The number of benzene rings is 1. The van der Waals surface area contributed by atoms with Gasteiger partial charge in [-0.25, -0.2) is 4.39 Å². The van der Waals surface area contributed by atoms with E-state index in [9.17, 15) is 9.50 Å². The molecule has 0 saturated carbocycles. The Hall–Kier alpha value is -1.13. The third-order valence-corrected chi connectivity index (χ3v) is 3.73. The van der Waals surface area contributed by atoms with Gasteiger partial charge in [-0.15, -0.1) is 0 Å². The van der Waals surface area contributed by atoms with E-state index in [0.717, 1.165) is 37.1 Å². The minimum absolute atomic E-state index is 0.132. The average Bonchev–Trinajstić information content (AvgIpc) is 2.44. The molecule has 0 fully saturated rings. The van der Waals surface area contributed by atoms with Crippen molar-refractivity contribution in [3.05, 3.63) is 29.6 Å². The fourth-order valence-corrected chi connectivity index (χ4v) is 2.38. The van der Waals surface area contributed by atoms with Crippen molar-refractivity contribution in [2.24, 2.45) is 0 Å². The first-order valence-electron chi connectivity index (χ1n) is 7.31. The molecule has 0 bridgehead atoms. The van der Waals surface area contributed by atoms with Gasteiger partial charge in [0.05, 0.1) is 13.2 Å². The fraction of sp³-hybridized carbons (Fsp3) is 0.625. The predicted molar refractivity (Wildman–Crippen MR) is 79.7 cm³/mol. The lowest BCUT2D eigenvalue weighted by Gasteiger charge is -2.31. The maximum atomic E-state index is 13.0. The van der Waals surface area contributed by atoms with Crippen LogP contribution in [0, 0.1) is 12.7 Å². The largest absolute Gasteiger partial charge is 0.493 e. The first-order chi connectivity index (χ1) is 9.56. The highest BCUT2D eigenvalue weighted by Gasteiger charge is 2.25. The van der Waals surface area contributed by atoms with Gasteiger partial charge in [-0.1, -0.05) is 13.8 Å². The summed E-state index contributed by atoms with van der Waals surface area (Å²) in [6, 6.07) is 4.54. The molecule has 0 radical (unpaired) electrons. The molecule has 4 heteroatoms. The lowest BCUT2D eigenvalue weighted by atomic mass is 9.91. The summed E-state index contributed by atoms with van der Waals surface area (Å²) in [5, 5.41) is 12.9. The summed E-state index contributed by atoms with van der Waals surface area (Å²) in [6.07, 6.45) is 2.58. The van der Waals surface area contributed by atoms with Crippen molar-refractivity contribution in [3.63, 3.8) is 0 Å². The Bertz CT molecular complexity index is 405. The zero-order valence-corrected chi connectivity index (χ0v) is 12.7. The molecule has 0 spiro atoms. The lowest BCUT2D eigenvalue weighted by molar-refractivity contribution is 0.139. The van der Waals surface area contributed by atoms with Gasteiger partial charge < -0.3 is 15.2 Å². The van der Waals surface area contributed by atoms with Crippen LogP contribution in [0.15, 0.2) is 18.2 Å². The molecule has 1 aromatic carbocycles. The second-order valence-corrected chi connectivity index (χ2v) is 5.18. The molecule has 0 aliphatic carbocycles. The van der Waals surface area contributed by atoms with E-state index >= 15 is 0 Å². The van der Waals surface area contributed by atoms with E-state index in [-0.39, 0.29) is 18.0 Å². The number of likely N-dealkylation sites (N-methyl/N-ethyl adjacent to an activating group) is 1. The highest BCUT2D eigenvalue weighted by atomic mass is 19.1. The van der Waals surface area contributed by atoms with Crippen molar-refractivity contribution < 1.29 is 14.2 Å². The van der Waals surface area contributed by atoms with Crippen molar-refractivity contribution in [1.29, 1.82) is 0 Å². The Balaban J connectivity index is 2.43. The molecule has 0 heterocycles. The molecule has 3 nitrogen and oxygen atoms in total. The van der Waals surface area contributed by atoms with Gasteiger partial charge in [-0.3, -0.25) is 0 Å². The first kappa shape index (κ1) is 16.9. The zero-order valence-electron chi connectivity index (χ0n) is 12.7. The second-order valence-electron chi connectivity index (χ2n) is 5.18. The molecule has 20 heavy (non-hydrogen) atoms. The molecule has 1 rings (SSSR count). The fourth-order valence-electron chi connectivity index (χ4n) is 2.38. The zero-order chi connectivity index (χ0) is 15.0. The Morgan fingerprint density at radius 1 is 1.35 bits per heavy atom. The predicted octanol–water partition coefficient (Wildman–Crippen LogP) is 3.04. The Morgan fingerprint density at radius 3 is 2.65 bits per heavy atom. The molecule has 2 N–H and O–H groups in total. The van der Waals surface area contributed by atoms with Crippen LogP contribution in [-0.4, -0.2) is 30.4 Å². The molecule has 114 valence electrons. The van der Waals surface area contributed by atoms with Crippen LogP contribution in [0.25, 0.3) is 0 Å². The topological polar surface area (TPSA) is 41.5 Å². The maximum absolute atomic E-state index is 13.0. The molecular weight excluding hydrogens is 257 g/mol. The van der Waals surface area contributed by atoms with Crippen molar-refractivity contribution in [3.8, 4) is 5.75 Å². The Kier molecular flexibility index (Phi) is 6.96. The van der Waals surface area contributed by atoms with Crippen LogP contribution in [0.3, 0.4) is 0 Å². The van der Waals surface area contributed by atoms with Crippen molar-refractivity contribution in [2.75, 3.05) is 19.8 Å². The number of nitrogens with one attached hydrogen (secondary N) is 1. The number of hydrogen-bond donors (Lipinski definition) is 2. The van der Waals surface area contributed by atoms with E-state index in [1.807, 2.05) is 13.8 Å². The third-order valence-electron chi connectivity index (χ3n) is 3.73. The van der Waals surface area contributed by atoms with E-state index in [4.69, 9.17) is 4.74 Å². The van der Waals surface area contributed by atoms with Crippen LogP contribution < -0.4 is 10.1 Å². The Labute approximate surface area is 121 Å². The smallest absolute Gasteiger partial charge is 0.123 e. The van der Waals surface area contributed by atoms with E-state index < -0.39 is 0 Å². The van der Waals surface area contributed by atoms with Crippen molar-refractivity contribution in [1.82, 2.24) is 5.32 Å². The summed E-state index contributed by atoms with van der Waals surface area (Å²) in [5.41, 5.74) is 0.594. The van der Waals surface area contributed by atoms with Crippen molar-refractivity contribution >= 4 is 0 Å². The average molecular weight is 283 g/mol. The molecule has 0 aromatic heterocycles. The number of ether oxygens (including phenoxy) is 1. The lowest BCUT2D eigenvalue weighted by Crippen LogP contribution is -2.48. The van der Waals surface area contributed by atoms with Crippen LogP contribution in [-0.2, 0) is 0 Å². The first-order valence-corrected chi connectivity index (χ1v) is 7.31. The van der Waals surface area contributed by atoms with Gasteiger partial charge in [0, 0.05) is 5.54 Å². The minimum atomic E-state index is -0.243. The number of hydrogen-bond acceptors (Lipinski definition) is 3. The van der Waals surface area contributed by atoms with Gasteiger partial charge in [0.25, 0.3) is 0 Å². The van der Waals surface area contributed by atoms with Gasteiger partial charge in [0.2, 0.25) is 0 Å². The third kappa shape index (κ3) is 4.76. The number of rotatable bonds is 9. The maximum Gasteiger partial charge on any atom is 0.123 e. The number of aryl methyl sites for hydroxylation is 1. The summed E-state index contributed by atoms with van der Waals surface area (Å²) >= 11 is 0. The van der Waals surface area contributed by atoms with Gasteiger partial charge in [0.15, 0.2) is 0 Å². The van der Waals surface area contributed by atoms with Crippen LogP contribution in [0.1, 0.15) is 38.7 Å². The highest BCUT2D eigenvalue weighted by molar-refractivity contribution is 5.32. The number of aliphatic hydroxyl groups excluding tert-OH is 1. The summed E-state index contributed by atoms with van der Waals surface area (Å²) in [5.74, 6) is 0.480.